The predicted molar refractivity (Wildman–Crippen MR) is 52.8 cm³/mol. The summed E-state index contributed by atoms with van der Waals surface area (Å²) in [5.74, 6) is -0.398. The van der Waals surface area contributed by atoms with E-state index in [4.69, 9.17) is 11.6 Å². The minimum atomic E-state index is -0.585. The fourth-order valence-electron chi connectivity index (χ4n) is 1.24. The summed E-state index contributed by atoms with van der Waals surface area (Å²) in [4.78, 5) is 21.3. The van der Waals surface area contributed by atoms with E-state index in [1.807, 2.05) is 0 Å². The minimum Gasteiger partial charge on any atom is -0.294 e. The number of nitrogens with zero attached hydrogens (tertiary/aromatic N) is 1. The summed E-state index contributed by atoms with van der Waals surface area (Å²) in [6.07, 6.45) is 0. The Kier molecular flexibility index (Phi) is 2.86. The molecule has 4 nitrogen and oxygen atoms in total. The minimum absolute atomic E-state index is 0.0170. The SMILES string of the molecule is CC(=O)c1c(Cl)ccc(C)c1[N+](=O)[O-]. The number of nitro groups is 1. The quantitative estimate of drug-likeness (QED) is 0.431. The second-order valence-electron chi connectivity index (χ2n) is 2.90. The van der Waals surface area contributed by atoms with Crippen LogP contribution in [0.3, 0.4) is 0 Å². The van der Waals surface area contributed by atoms with Crippen molar-refractivity contribution in [3.63, 3.8) is 0 Å². The van der Waals surface area contributed by atoms with E-state index >= 15 is 0 Å². The van der Waals surface area contributed by atoms with Crippen molar-refractivity contribution in [2.75, 3.05) is 0 Å². The van der Waals surface area contributed by atoms with Crippen LogP contribution in [-0.2, 0) is 0 Å². The number of Topliss-reactive ketones (excluding diaryl/α,β-unsaturated/α-hetero) is 1. The van der Waals surface area contributed by atoms with Crippen LogP contribution in [0.4, 0.5) is 5.69 Å². The highest BCUT2D eigenvalue weighted by Crippen LogP contribution is 2.29. The van der Waals surface area contributed by atoms with E-state index in [1.165, 1.54) is 19.1 Å². The van der Waals surface area contributed by atoms with Gasteiger partial charge in [-0.15, -0.1) is 0 Å². The molecule has 74 valence electrons. The summed E-state index contributed by atoms with van der Waals surface area (Å²) < 4.78 is 0. The Morgan fingerprint density at radius 1 is 1.50 bits per heavy atom. The van der Waals surface area contributed by atoms with Crippen LogP contribution in [0.1, 0.15) is 22.8 Å². The first-order chi connectivity index (χ1) is 6.45. The molecule has 0 aromatic heterocycles. The third-order valence-electron chi connectivity index (χ3n) is 1.86. The van der Waals surface area contributed by atoms with Gasteiger partial charge in [0.1, 0.15) is 5.56 Å². The summed E-state index contributed by atoms with van der Waals surface area (Å²) in [5.41, 5.74) is 0.214. The van der Waals surface area contributed by atoms with Gasteiger partial charge in [-0.2, -0.15) is 0 Å². The van der Waals surface area contributed by atoms with Gasteiger partial charge in [-0.3, -0.25) is 14.9 Å². The zero-order valence-electron chi connectivity index (χ0n) is 7.70. The molecule has 0 unspecified atom stereocenters. The molecule has 1 aromatic carbocycles. The zero-order valence-corrected chi connectivity index (χ0v) is 8.46. The molecule has 0 saturated carbocycles. The average molecular weight is 214 g/mol. The topological polar surface area (TPSA) is 60.2 Å². The van der Waals surface area contributed by atoms with Crippen LogP contribution in [0.2, 0.25) is 5.02 Å². The molecule has 0 saturated heterocycles. The van der Waals surface area contributed by atoms with Crippen LogP contribution in [0.15, 0.2) is 12.1 Å². The molecule has 0 fully saturated rings. The van der Waals surface area contributed by atoms with Gasteiger partial charge in [0.05, 0.1) is 9.95 Å². The lowest BCUT2D eigenvalue weighted by Crippen LogP contribution is -2.03. The normalized spacial score (nSPS) is 9.93. The number of carbonyl (C=O) groups excluding carboxylic acids is 1. The van der Waals surface area contributed by atoms with Crippen molar-refractivity contribution in [3.05, 3.63) is 38.4 Å². The van der Waals surface area contributed by atoms with Crippen LogP contribution in [-0.4, -0.2) is 10.7 Å². The number of carbonyl (C=O) groups is 1. The monoisotopic (exact) mass is 213 g/mol. The van der Waals surface area contributed by atoms with Crippen molar-refractivity contribution < 1.29 is 9.72 Å². The van der Waals surface area contributed by atoms with Crippen molar-refractivity contribution in [2.45, 2.75) is 13.8 Å². The van der Waals surface area contributed by atoms with Gasteiger partial charge >= 0.3 is 0 Å². The standard InChI is InChI=1S/C9H8ClNO3/c1-5-3-4-7(10)8(6(2)12)9(5)11(13)14/h3-4H,1-2H3. The largest absolute Gasteiger partial charge is 0.294 e. The fourth-order valence-corrected chi connectivity index (χ4v) is 1.53. The summed E-state index contributed by atoms with van der Waals surface area (Å²) in [6.45, 7) is 2.83. The average Bonchev–Trinajstić information content (AvgIpc) is 2.07. The van der Waals surface area contributed by atoms with Gasteiger partial charge in [0.25, 0.3) is 5.69 Å². The second-order valence-corrected chi connectivity index (χ2v) is 3.31. The summed E-state index contributed by atoms with van der Waals surface area (Å²) >= 11 is 5.72. The predicted octanol–water partition coefficient (Wildman–Crippen LogP) is 2.76. The highest BCUT2D eigenvalue weighted by Gasteiger charge is 2.23. The maximum atomic E-state index is 11.2. The lowest BCUT2D eigenvalue weighted by atomic mass is 10.1. The number of nitro benzene ring substituents is 1. The van der Waals surface area contributed by atoms with Crippen LogP contribution in [0, 0.1) is 17.0 Å². The van der Waals surface area contributed by atoms with Gasteiger partial charge in [0.15, 0.2) is 5.78 Å². The van der Waals surface area contributed by atoms with Gasteiger partial charge in [-0.25, -0.2) is 0 Å². The lowest BCUT2D eigenvalue weighted by molar-refractivity contribution is -0.385. The van der Waals surface area contributed by atoms with Crippen molar-refractivity contribution >= 4 is 23.1 Å². The Balaban J connectivity index is 3.58. The molecule has 0 aliphatic carbocycles. The van der Waals surface area contributed by atoms with E-state index < -0.39 is 10.7 Å². The Bertz CT molecular complexity index is 376. The van der Waals surface area contributed by atoms with E-state index in [2.05, 4.69) is 0 Å². The molecule has 0 amide bonds. The number of aryl methyl sites for hydroxylation is 1. The molecule has 0 heterocycles. The Hall–Kier alpha value is -1.42. The van der Waals surface area contributed by atoms with Gasteiger partial charge < -0.3 is 0 Å². The van der Waals surface area contributed by atoms with Crippen molar-refractivity contribution in [1.82, 2.24) is 0 Å². The smallest absolute Gasteiger partial charge is 0.284 e. The molecule has 0 atom stereocenters. The Morgan fingerprint density at radius 3 is 2.43 bits per heavy atom. The summed E-state index contributed by atoms with van der Waals surface area (Å²) in [7, 11) is 0. The number of ketones is 1. The molecule has 14 heavy (non-hydrogen) atoms. The van der Waals surface area contributed by atoms with Gasteiger partial charge in [0, 0.05) is 5.56 Å². The molecule has 1 rings (SSSR count). The Morgan fingerprint density at radius 2 is 2.07 bits per heavy atom. The van der Waals surface area contributed by atoms with Crippen molar-refractivity contribution in [1.29, 1.82) is 0 Å². The molecule has 0 aliphatic heterocycles. The zero-order chi connectivity index (χ0) is 10.9. The number of hydrogen-bond acceptors (Lipinski definition) is 3. The number of benzene rings is 1. The fraction of sp³-hybridized carbons (Fsp3) is 0.222. The molecular weight excluding hydrogens is 206 g/mol. The van der Waals surface area contributed by atoms with E-state index in [0.717, 1.165) is 0 Å². The molecule has 0 radical (unpaired) electrons. The third-order valence-corrected chi connectivity index (χ3v) is 2.18. The molecule has 0 N–H and O–H groups in total. The lowest BCUT2D eigenvalue weighted by Gasteiger charge is -2.03. The number of halogens is 1. The van der Waals surface area contributed by atoms with Crippen molar-refractivity contribution in [3.8, 4) is 0 Å². The van der Waals surface area contributed by atoms with Crippen molar-refractivity contribution in [2.24, 2.45) is 0 Å². The molecule has 5 heteroatoms. The first kappa shape index (κ1) is 10.7. The van der Waals surface area contributed by atoms with Crippen LogP contribution < -0.4 is 0 Å². The first-order valence-corrected chi connectivity index (χ1v) is 4.27. The maximum absolute atomic E-state index is 11.2. The highest BCUT2D eigenvalue weighted by molar-refractivity contribution is 6.34. The molecule has 0 spiro atoms. The van der Waals surface area contributed by atoms with E-state index in [0.29, 0.717) is 5.56 Å². The second kappa shape index (κ2) is 3.75. The van der Waals surface area contributed by atoms with Gasteiger partial charge in [-0.1, -0.05) is 17.7 Å². The van der Waals surface area contributed by atoms with E-state index in [9.17, 15) is 14.9 Å². The van der Waals surface area contributed by atoms with E-state index in [-0.39, 0.29) is 16.3 Å². The first-order valence-electron chi connectivity index (χ1n) is 3.89. The molecule has 1 aromatic rings. The third kappa shape index (κ3) is 1.75. The number of rotatable bonds is 2. The van der Waals surface area contributed by atoms with E-state index in [1.54, 1.807) is 6.92 Å². The molecular formula is C9H8ClNO3. The van der Waals surface area contributed by atoms with Crippen LogP contribution >= 0.6 is 11.6 Å². The van der Waals surface area contributed by atoms with Gasteiger partial charge in [-0.05, 0) is 19.9 Å². The molecule has 0 aliphatic rings. The Labute approximate surface area is 85.6 Å². The van der Waals surface area contributed by atoms with Crippen LogP contribution in [0.25, 0.3) is 0 Å². The summed E-state index contributed by atoms with van der Waals surface area (Å²) in [6, 6.07) is 3.01. The maximum Gasteiger partial charge on any atom is 0.284 e. The number of hydrogen-bond donors (Lipinski definition) is 0. The van der Waals surface area contributed by atoms with Gasteiger partial charge in [0.2, 0.25) is 0 Å². The van der Waals surface area contributed by atoms with Crippen LogP contribution in [0.5, 0.6) is 0 Å². The molecule has 0 bridgehead atoms. The summed E-state index contributed by atoms with van der Waals surface area (Å²) in [5, 5.41) is 10.8. The highest BCUT2D eigenvalue weighted by atomic mass is 35.5.